The van der Waals surface area contributed by atoms with Crippen LogP contribution >= 0.6 is 0 Å². The molecule has 1 N–H and O–H groups in total. The van der Waals surface area contributed by atoms with Crippen molar-refractivity contribution in [3.63, 3.8) is 0 Å². The quantitative estimate of drug-likeness (QED) is 0.198. The highest BCUT2D eigenvalue weighted by Gasteiger charge is 2.38. The van der Waals surface area contributed by atoms with E-state index in [4.69, 9.17) is 9.98 Å². The van der Waals surface area contributed by atoms with Crippen LogP contribution in [-0.4, -0.2) is 11.7 Å². The lowest BCUT2D eigenvalue weighted by Crippen LogP contribution is -2.36. The molecule has 1 atom stereocenters. The summed E-state index contributed by atoms with van der Waals surface area (Å²) < 4.78 is 0. The van der Waals surface area contributed by atoms with Gasteiger partial charge in [0.25, 0.3) is 0 Å². The van der Waals surface area contributed by atoms with E-state index >= 15 is 0 Å². The van der Waals surface area contributed by atoms with Crippen molar-refractivity contribution in [3.05, 3.63) is 215 Å². The molecule has 0 saturated heterocycles. The maximum absolute atomic E-state index is 5.08. The molecule has 0 bridgehead atoms. The molecular formula is C40H31N3. The molecule has 6 aromatic rings. The fourth-order valence-corrected chi connectivity index (χ4v) is 6.06. The fourth-order valence-electron chi connectivity index (χ4n) is 6.06. The molecule has 0 spiro atoms. The minimum absolute atomic E-state index is 0.329. The van der Waals surface area contributed by atoms with Crippen molar-refractivity contribution in [2.75, 3.05) is 0 Å². The monoisotopic (exact) mass is 553 g/mol. The van der Waals surface area contributed by atoms with Gasteiger partial charge >= 0.3 is 0 Å². The Kier molecular flexibility index (Phi) is 7.21. The third kappa shape index (κ3) is 5.06. The van der Waals surface area contributed by atoms with E-state index in [0.29, 0.717) is 0 Å². The Balaban J connectivity index is 1.36. The molecule has 1 heterocycles. The topological polar surface area (TPSA) is 36.8 Å². The first-order valence-corrected chi connectivity index (χ1v) is 14.6. The van der Waals surface area contributed by atoms with Gasteiger partial charge in [0.05, 0.1) is 5.41 Å². The van der Waals surface area contributed by atoms with Crippen molar-refractivity contribution in [2.24, 2.45) is 9.98 Å². The minimum atomic E-state index is -0.493. The summed E-state index contributed by atoms with van der Waals surface area (Å²) in [6.07, 6.45) is -0.329. The minimum Gasteiger partial charge on any atom is -0.324 e. The van der Waals surface area contributed by atoms with Crippen molar-refractivity contribution in [2.45, 2.75) is 11.6 Å². The number of hydrogen-bond acceptors (Lipinski definition) is 3. The standard InChI is InChI=1S/C40H31N3/c1-6-16-30(17-7-1)37-41-38(31-18-8-2-9-19-31)43-39(42-37)32-26-28-36(29-27-32)40(33-20-10-3-11-21-33,34-22-12-4-13-23-34)35-24-14-5-15-25-35/h1-29,37H,(H,41,42,43)/t37-/m1/s1. The molecule has 3 heteroatoms. The number of benzene rings is 6. The van der Waals surface area contributed by atoms with Crippen LogP contribution in [0.3, 0.4) is 0 Å². The van der Waals surface area contributed by atoms with Gasteiger partial charge in [0.1, 0.15) is 11.7 Å². The molecule has 7 rings (SSSR count). The zero-order valence-electron chi connectivity index (χ0n) is 23.7. The number of amidine groups is 2. The van der Waals surface area contributed by atoms with Crippen LogP contribution in [0.25, 0.3) is 0 Å². The summed E-state index contributed by atoms with van der Waals surface area (Å²) in [6, 6.07) is 61.7. The third-order valence-electron chi connectivity index (χ3n) is 8.10. The Morgan fingerprint density at radius 2 is 0.721 bits per heavy atom. The van der Waals surface area contributed by atoms with Crippen LogP contribution in [0.2, 0.25) is 0 Å². The average molecular weight is 554 g/mol. The summed E-state index contributed by atoms with van der Waals surface area (Å²) in [6.45, 7) is 0. The van der Waals surface area contributed by atoms with Crippen molar-refractivity contribution in [3.8, 4) is 0 Å². The Hall–Kier alpha value is -5.54. The van der Waals surface area contributed by atoms with Gasteiger partial charge in [-0.25, -0.2) is 9.98 Å². The van der Waals surface area contributed by atoms with Crippen LogP contribution in [-0.2, 0) is 5.41 Å². The highest BCUT2D eigenvalue weighted by atomic mass is 15.2. The normalized spacial score (nSPS) is 14.7. The second-order valence-electron chi connectivity index (χ2n) is 10.7. The van der Waals surface area contributed by atoms with Crippen LogP contribution in [0.1, 0.15) is 45.1 Å². The molecule has 0 saturated carbocycles. The highest BCUT2D eigenvalue weighted by Crippen LogP contribution is 2.45. The van der Waals surface area contributed by atoms with E-state index in [-0.39, 0.29) is 6.17 Å². The predicted octanol–water partition coefficient (Wildman–Crippen LogP) is 8.56. The van der Waals surface area contributed by atoms with E-state index in [1.807, 2.05) is 36.4 Å². The second-order valence-corrected chi connectivity index (χ2v) is 10.7. The summed E-state index contributed by atoms with van der Waals surface area (Å²) in [5, 5.41) is 3.54. The Bertz CT molecular complexity index is 1750. The van der Waals surface area contributed by atoms with Crippen molar-refractivity contribution in [1.29, 1.82) is 0 Å². The molecular weight excluding hydrogens is 522 g/mol. The van der Waals surface area contributed by atoms with Crippen LogP contribution < -0.4 is 5.32 Å². The smallest absolute Gasteiger partial charge is 0.169 e. The van der Waals surface area contributed by atoms with Gasteiger partial charge in [-0.2, -0.15) is 0 Å². The van der Waals surface area contributed by atoms with E-state index < -0.39 is 5.41 Å². The highest BCUT2D eigenvalue weighted by molar-refractivity contribution is 6.15. The number of hydrogen-bond donors (Lipinski definition) is 1. The Morgan fingerprint density at radius 3 is 1.16 bits per heavy atom. The SMILES string of the molecule is c1ccc(C2=N[C@@H](c3ccccc3)N=C(c3ccc(C(c4ccccc4)(c4ccccc4)c4ccccc4)cc3)N2)cc1. The number of rotatable bonds is 7. The lowest BCUT2D eigenvalue weighted by molar-refractivity contribution is 0.744. The number of aliphatic imine (C=N–C) groups is 2. The van der Waals surface area contributed by atoms with E-state index in [2.05, 4.69) is 145 Å². The molecule has 43 heavy (non-hydrogen) atoms. The van der Waals surface area contributed by atoms with E-state index in [1.165, 1.54) is 22.3 Å². The van der Waals surface area contributed by atoms with Crippen molar-refractivity contribution < 1.29 is 0 Å². The van der Waals surface area contributed by atoms with E-state index in [1.54, 1.807) is 0 Å². The predicted molar refractivity (Wildman–Crippen MR) is 177 cm³/mol. The molecule has 0 radical (unpaired) electrons. The van der Waals surface area contributed by atoms with Gasteiger partial charge in [-0.15, -0.1) is 0 Å². The van der Waals surface area contributed by atoms with Crippen LogP contribution in [0.4, 0.5) is 0 Å². The summed E-state index contributed by atoms with van der Waals surface area (Å²) in [5.74, 6) is 1.62. The van der Waals surface area contributed by atoms with Gasteiger partial charge in [0.15, 0.2) is 6.17 Å². The van der Waals surface area contributed by atoms with Gasteiger partial charge in [-0.05, 0) is 27.8 Å². The molecule has 1 aliphatic rings. The van der Waals surface area contributed by atoms with Crippen molar-refractivity contribution in [1.82, 2.24) is 5.32 Å². The van der Waals surface area contributed by atoms with Gasteiger partial charge in [0.2, 0.25) is 0 Å². The molecule has 0 fully saturated rings. The van der Waals surface area contributed by atoms with Crippen LogP contribution in [0.5, 0.6) is 0 Å². The number of nitrogens with zero attached hydrogens (tertiary/aromatic N) is 2. The Morgan fingerprint density at radius 1 is 0.372 bits per heavy atom. The van der Waals surface area contributed by atoms with E-state index in [9.17, 15) is 0 Å². The second kappa shape index (κ2) is 11.8. The maximum atomic E-state index is 5.08. The molecule has 6 aromatic carbocycles. The van der Waals surface area contributed by atoms with Gasteiger partial charge in [0, 0.05) is 11.1 Å². The van der Waals surface area contributed by atoms with Gasteiger partial charge in [-0.3, -0.25) is 0 Å². The first-order chi connectivity index (χ1) is 21.3. The lowest BCUT2D eigenvalue weighted by Gasteiger charge is -2.37. The molecule has 206 valence electrons. The first kappa shape index (κ1) is 26.4. The average Bonchev–Trinajstić information content (AvgIpc) is 3.11. The summed E-state index contributed by atoms with van der Waals surface area (Å²) >= 11 is 0. The fraction of sp³-hybridized carbons (Fsp3) is 0.0500. The van der Waals surface area contributed by atoms with Gasteiger partial charge in [-0.1, -0.05) is 176 Å². The molecule has 0 aromatic heterocycles. The summed E-state index contributed by atoms with van der Waals surface area (Å²) in [7, 11) is 0. The molecule has 0 aliphatic carbocycles. The lowest BCUT2D eigenvalue weighted by atomic mass is 9.65. The molecule has 3 nitrogen and oxygen atoms in total. The van der Waals surface area contributed by atoms with Crippen molar-refractivity contribution >= 4 is 11.7 Å². The maximum Gasteiger partial charge on any atom is 0.169 e. The zero-order valence-corrected chi connectivity index (χ0v) is 23.7. The van der Waals surface area contributed by atoms with Crippen LogP contribution in [0.15, 0.2) is 186 Å². The van der Waals surface area contributed by atoms with Gasteiger partial charge < -0.3 is 5.32 Å². The number of nitrogens with one attached hydrogen (secondary N) is 1. The molecule has 0 amide bonds. The largest absolute Gasteiger partial charge is 0.324 e. The third-order valence-corrected chi connectivity index (χ3v) is 8.10. The summed E-state index contributed by atoms with van der Waals surface area (Å²) in [5.41, 5.74) is 7.45. The van der Waals surface area contributed by atoms with Crippen LogP contribution in [0, 0.1) is 0 Å². The molecule has 1 aliphatic heterocycles. The molecule has 0 unspecified atom stereocenters. The summed E-state index contributed by atoms with van der Waals surface area (Å²) in [4.78, 5) is 10.1. The van der Waals surface area contributed by atoms with E-state index in [0.717, 1.165) is 28.4 Å². The zero-order chi connectivity index (χ0) is 28.9. The first-order valence-electron chi connectivity index (χ1n) is 14.6. The Labute approximate surface area is 253 Å².